The summed E-state index contributed by atoms with van der Waals surface area (Å²) in [7, 11) is 0. The third-order valence-electron chi connectivity index (χ3n) is 2.54. The Balaban J connectivity index is 2.66. The van der Waals surface area contributed by atoms with Crippen molar-refractivity contribution in [3.8, 4) is 0 Å². The summed E-state index contributed by atoms with van der Waals surface area (Å²) < 4.78 is 2.25. The number of aryl methyl sites for hydroxylation is 1. The zero-order valence-corrected chi connectivity index (χ0v) is 8.41. The van der Waals surface area contributed by atoms with Gasteiger partial charge in [0.2, 0.25) is 0 Å². The SMILES string of the molecule is Cc1ccc2ccc(C(C)C)cn12. The fourth-order valence-electron chi connectivity index (χ4n) is 1.60. The lowest BCUT2D eigenvalue weighted by Crippen LogP contribution is -1.92. The van der Waals surface area contributed by atoms with E-state index in [4.69, 9.17) is 0 Å². The van der Waals surface area contributed by atoms with Crippen molar-refractivity contribution in [2.24, 2.45) is 0 Å². The summed E-state index contributed by atoms with van der Waals surface area (Å²) in [5.41, 5.74) is 3.98. The molecule has 0 saturated heterocycles. The van der Waals surface area contributed by atoms with E-state index in [0.717, 1.165) is 0 Å². The minimum atomic E-state index is 0.603. The first-order chi connectivity index (χ1) is 6.18. The van der Waals surface area contributed by atoms with Crippen molar-refractivity contribution in [3.63, 3.8) is 0 Å². The molecule has 2 aromatic rings. The minimum absolute atomic E-state index is 0.603. The monoisotopic (exact) mass is 173 g/mol. The van der Waals surface area contributed by atoms with Gasteiger partial charge in [0.05, 0.1) is 0 Å². The summed E-state index contributed by atoms with van der Waals surface area (Å²) in [4.78, 5) is 0. The summed E-state index contributed by atoms with van der Waals surface area (Å²) in [5, 5.41) is 0. The number of fused-ring (bicyclic) bond motifs is 1. The Bertz CT molecular complexity index is 424. The van der Waals surface area contributed by atoms with E-state index in [1.165, 1.54) is 16.8 Å². The number of hydrogen-bond donors (Lipinski definition) is 0. The Hall–Kier alpha value is -1.24. The van der Waals surface area contributed by atoms with Crippen LogP contribution in [0.3, 0.4) is 0 Å². The molecule has 2 rings (SSSR count). The van der Waals surface area contributed by atoms with Gasteiger partial charge < -0.3 is 4.40 Å². The van der Waals surface area contributed by atoms with Crippen molar-refractivity contribution in [2.75, 3.05) is 0 Å². The Morgan fingerprint density at radius 3 is 2.46 bits per heavy atom. The molecule has 1 heteroatoms. The molecule has 1 nitrogen and oxygen atoms in total. The highest BCUT2D eigenvalue weighted by atomic mass is 14.9. The topological polar surface area (TPSA) is 4.41 Å². The summed E-state index contributed by atoms with van der Waals surface area (Å²) in [5.74, 6) is 0.603. The molecule has 13 heavy (non-hydrogen) atoms. The molecule has 0 radical (unpaired) electrons. The highest BCUT2D eigenvalue weighted by Gasteiger charge is 2.01. The molecular formula is C12H15N. The number of rotatable bonds is 1. The Morgan fingerprint density at radius 2 is 1.77 bits per heavy atom. The highest BCUT2D eigenvalue weighted by molar-refractivity contribution is 5.50. The third-order valence-corrected chi connectivity index (χ3v) is 2.54. The lowest BCUT2D eigenvalue weighted by atomic mass is 10.1. The van der Waals surface area contributed by atoms with Gasteiger partial charge in [0.15, 0.2) is 0 Å². The predicted molar refractivity (Wildman–Crippen MR) is 56.2 cm³/mol. The van der Waals surface area contributed by atoms with Crippen LogP contribution < -0.4 is 0 Å². The third kappa shape index (κ3) is 1.35. The molecule has 0 saturated carbocycles. The van der Waals surface area contributed by atoms with Crippen molar-refractivity contribution in [1.29, 1.82) is 0 Å². The van der Waals surface area contributed by atoms with Gasteiger partial charge in [0, 0.05) is 17.4 Å². The highest BCUT2D eigenvalue weighted by Crippen LogP contribution is 2.17. The Labute approximate surface area is 79.0 Å². The first-order valence-corrected chi connectivity index (χ1v) is 4.76. The fourth-order valence-corrected chi connectivity index (χ4v) is 1.60. The molecule has 0 unspecified atom stereocenters. The van der Waals surface area contributed by atoms with Gasteiger partial charge in [-0.15, -0.1) is 0 Å². The van der Waals surface area contributed by atoms with E-state index < -0.39 is 0 Å². The predicted octanol–water partition coefficient (Wildman–Crippen LogP) is 3.37. The van der Waals surface area contributed by atoms with E-state index in [2.05, 4.69) is 55.6 Å². The largest absolute Gasteiger partial charge is 0.321 e. The molecule has 0 spiro atoms. The number of hydrogen-bond acceptors (Lipinski definition) is 0. The van der Waals surface area contributed by atoms with Crippen LogP contribution in [0.1, 0.15) is 31.0 Å². The second kappa shape index (κ2) is 2.91. The number of pyridine rings is 1. The van der Waals surface area contributed by atoms with Gasteiger partial charge in [0.25, 0.3) is 0 Å². The molecule has 0 aliphatic rings. The molecule has 0 atom stereocenters. The van der Waals surface area contributed by atoms with Gasteiger partial charge >= 0.3 is 0 Å². The molecule has 0 fully saturated rings. The molecule has 0 bridgehead atoms. The van der Waals surface area contributed by atoms with E-state index in [9.17, 15) is 0 Å². The maximum atomic E-state index is 2.25. The lowest BCUT2D eigenvalue weighted by Gasteiger charge is -2.06. The molecule has 0 amide bonds. The van der Waals surface area contributed by atoms with Crippen molar-refractivity contribution in [1.82, 2.24) is 4.40 Å². The van der Waals surface area contributed by atoms with Gasteiger partial charge in [-0.3, -0.25) is 0 Å². The van der Waals surface area contributed by atoms with Crippen molar-refractivity contribution >= 4 is 5.52 Å². The van der Waals surface area contributed by atoms with E-state index in [1.54, 1.807) is 0 Å². The summed E-state index contributed by atoms with van der Waals surface area (Å²) in [6, 6.07) is 8.70. The quantitative estimate of drug-likeness (QED) is 0.622. The Kier molecular flexibility index (Phi) is 1.87. The van der Waals surface area contributed by atoms with Crippen molar-refractivity contribution < 1.29 is 0 Å². The molecule has 2 aromatic heterocycles. The fraction of sp³-hybridized carbons (Fsp3) is 0.333. The summed E-state index contributed by atoms with van der Waals surface area (Å²) in [6.45, 7) is 6.58. The van der Waals surface area contributed by atoms with Gasteiger partial charge in [0.1, 0.15) is 0 Å². The number of nitrogens with zero attached hydrogens (tertiary/aromatic N) is 1. The van der Waals surface area contributed by atoms with Crippen LogP contribution in [0.5, 0.6) is 0 Å². The van der Waals surface area contributed by atoms with Crippen molar-refractivity contribution in [2.45, 2.75) is 26.7 Å². The van der Waals surface area contributed by atoms with E-state index in [0.29, 0.717) is 5.92 Å². The van der Waals surface area contributed by atoms with Gasteiger partial charge in [-0.25, -0.2) is 0 Å². The van der Waals surface area contributed by atoms with E-state index >= 15 is 0 Å². The zero-order valence-electron chi connectivity index (χ0n) is 8.41. The van der Waals surface area contributed by atoms with Crippen LogP contribution in [0.15, 0.2) is 30.5 Å². The first kappa shape index (κ1) is 8.36. The summed E-state index contributed by atoms with van der Waals surface area (Å²) in [6.07, 6.45) is 2.23. The summed E-state index contributed by atoms with van der Waals surface area (Å²) >= 11 is 0. The van der Waals surface area contributed by atoms with Crippen LogP contribution in [-0.4, -0.2) is 4.40 Å². The standard InChI is InChI=1S/C12H15N/c1-9(2)11-5-7-12-6-4-10(3)13(12)8-11/h4-9H,1-3H3. The van der Waals surface area contributed by atoms with Gasteiger partial charge in [-0.05, 0) is 36.6 Å². The maximum Gasteiger partial charge on any atom is 0.0452 e. The lowest BCUT2D eigenvalue weighted by molar-refractivity contribution is 0.851. The van der Waals surface area contributed by atoms with Gasteiger partial charge in [-0.1, -0.05) is 19.9 Å². The molecule has 0 N–H and O–H groups in total. The average molecular weight is 173 g/mol. The number of aromatic nitrogens is 1. The molecule has 0 aliphatic heterocycles. The van der Waals surface area contributed by atoms with Crippen LogP contribution >= 0.6 is 0 Å². The van der Waals surface area contributed by atoms with E-state index in [-0.39, 0.29) is 0 Å². The zero-order chi connectivity index (χ0) is 9.42. The Morgan fingerprint density at radius 1 is 1.08 bits per heavy atom. The van der Waals surface area contributed by atoms with Crippen LogP contribution in [0.25, 0.3) is 5.52 Å². The minimum Gasteiger partial charge on any atom is -0.321 e. The normalized spacial score (nSPS) is 11.4. The first-order valence-electron chi connectivity index (χ1n) is 4.76. The average Bonchev–Trinajstić information content (AvgIpc) is 2.47. The van der Waals surface area contributed by atoms with Gasteiger partial charge in [-0.2, -0.15) is 0 Å². The van der Waals surface area contributed by atoms with Crippen LogP contribution in [-0.2, 0) is 0 Å². The smallest absolute Gasteiger partial charge is 0.0452 e. The van der Waals surface area contributed by atoms with Crippen LogP contribution in [0, 0.1) is 6.92 Å². The molecule has 0 aromatic carbocycles. The second-order valence-corrected chi connectivity index (χ2v) is 3.89. The molecule has 0 aliphatic carbocycles. The molecular weight excluding hydrogens is 158 g/mol. The second-order valence-electron chi connectivity index (χ2n) is 3.89. The van der Waals surface area contributed by atoms with E-state index in [1.807, 2.05) is 0 Å². The maximum absolute atomic E-state index is 2.25. The molecule has 2 heterocycles. The van der Waals surface area contributed by atoms with Crippen LogP contribution in [0.4, 0.5) is 0 Å². The van der Waals surface area contributed by atoms with Crippen LogP contribution in [0.2, 0.25) is 0 Å². The molecule has 68 valence electrons. The van der Waals surface area contributed by atoms with Crippen molar-refractivity contribution in [3.05, 3.63) is 41.7 Å².